The van der Waals surface area contributed by atoms with Crippen LogP contribution in [-0.4, -0.2) is 34.2 Å². The molecule has 2 aromatic rings. The van der Waals surface area contributed by atoms with E-state index in [-0.39, 0.29) is 34.2 Å². The Hall–Kier alpha value is -3.80. The van der Waals surface area contributed by atoms with Crippen LogP contribution in [0.2, 0.25) is 0 Å². The summed E-state index contributed by atoms with van der Waals surface area (Å²) >= 11 is 0. The topological polar surface area (TPSA) is 99.3 Å². The lowest BCUT2D eigenvalue weighted by atomic mass is 9.84. The molecule has 0 spiro atoms. The predicted octanol–water partition coefficient (Wildman–Crippen LogP) is 7.30. The second-order valence-electron chi connectivity index (χ2n) is 10.2. The van der Waals surface area contributed by atoms with Crippen molar-refractivity contribution in [3.8, 4) is 0 Å². The molecule has 2 atom stereocenters. The van der Waals surface area contributed by atoms with Gasteiger partial charge in [0.15, 0.2) is 11.6 Å². The first kappa shape index (κ1) is 30.4. The van der Waals surface area contributed by atoms with Crippen molar-refractivity contribution in [2.24, 2.45) is 9.98 Å². The van der Waals surface area contributed by atoms with Crippen LogP contribution in [0.15, 0.2) is 56.9 Å². The van der Waals surface area contributed by atoms with Gasteiger partial charge in [-0.05, 0) is 103 Å². The molecule has 0 radical (unpaired) electrons. The van der Waals surface area contributed by atoms with E-state index in [4.69, 9.17) is 9.98 Å². The smallest absolute Gasteiger partial charge is 0.164 e. The summed E-state index contributed by atoms with van der Waals surface area (Å²) in [6.07, 6.45) is 2.84. The number of aliphatic hydroxyl groups excluding tert-OH is 2. The summed E-state index contributed by atoms with van der Waals surface area (Å²) in [4.78, 5) is 34.3. The van der Waals surface area contributed by atoms with Crippen molar-refractivity contribution in [2.45, 2.75) is 81.3 Å². The van der Waals surface area contributed by atoms with Crippen LogP contribution in [0.3, 0.4) is 0 Å². The van der Waals surface area contributed by atoms with Crippen molar-refractivity contribution in [3.05, 3.63) is 91.4 Å². The summed E-state index contributed by atoms with van der Waals surface area (Å²) in [5, 5.41) is 20.3. The van der Waals surface area contributed by atoms with Gasteiger partial charge in [0.1, 0.15) is 23.6 Å². The predicted molar refractivity (Wildman–Crippen MR) is 156 cm³/mol. The first-order chi connectivity index (χ1) is 17.6. The summed E-state index contributed by atoms with van der Waals surface area (Å²) in [5.74, 6) is -0.828. The van der Waals surface area contributed by atoms with E-state index in [0.717, 1.165) is 44.5 Å². The van der Waals surface area contributed by atoms with Gasteiger partial charge < -0.3 is 10.2 Å². The van der Waals surface area contributed by atoms with E-state index < -0.39 is 12.1 Å². The normalized spacial score (nSPS) is 14.9. The zero-order valence-corrected chi connectivity index (χ0v) is 24.2. The number of rotatable bonds is 9. The number of hydrogen-bond acceptors (Lipinski definition) is 6. The van der Waals surface area contributed by atoms with Crippen LogP contribution in [0, 0.1) is 41.5 Å². The van der Waals surface area contributed by atoms with Crippen molar-refractivity contribution < 1.29 is 19.8 Å². The molecule has 0 saturated carbocycles. The summed E-state index contributed by atoms with van der Waals surface area (Å²) < 4.78 is 0. The largest absolute Gasteiger partial charge is 0.512 e. The van der Waals surface area contributed by atoms with Gasteiger partial charge in [0.25, 0.3) is 0 Å². The van der Waals surface area contributed by atoms with E-state index in [0.29, 0.717) is 0 Å². The van der Waals surface area contributed by atoms with Gasteiger partial charge in [0.2, 0.25) is 0 Å². The molecular formula is C32H40N2O4. The van der Waals surface area contributed by atoms with Crippen LogP contribution in [0.4, 0.5) is 0 Å². The SMILES string of the molecule is CC(=O)C(C=N[C@@H](c1c(C)cc(C)cc1C)[C@@H](N=C/C(C(C)=O)=C(/C)O)c1c(C)cc(C)cc1C)=C(C)O. The number of nitrogens with zero attached hydrogens (tertiary/aromatic N) is 2. The first-order valence-corrected chi connectivity index (χ1v) is 12.7. The minimum absolute atomic E-state index is 0.113. The van der Waals surface area contributed by atoms with E-state index >= 15 is 0 Å². The Kier molecular flexibility index (Phi) is 10.1. The van der Waals surface area contributed by atoms with Crippen molar-refractivity contribution in [3.63, 3.8) is 0 Å². The van der Waals surface area contributed by atoms with Gasteiger partial charge >= 0.3 is 0 Å². The molecule has 2 aromatic carbocycles. The molecule has 2 N–H and O–H groups in total. The lowest BCUT2D eigenvalue weighted by Crippen LogP contribution is -2.16. The molecule has 2 rings (SSSR count). The molecule has 0 saturated heterocycles. The van der Waals surface area contributed by atoms with Crippen LogP contribution in [0.25, 0.3) is 0 Å². The number of carbonyl (C=O) groups is 2. The number of hydrogen-bond donors (Lipinski definition) is 2. The molecule has 38 heavy (non-hydrogen) atoms. The van der Waals surface area contributed by atoms with Gasteiger partial charge in [0.05, 0.1) is 11.1 Å². The number of allylic oxidation sites excluding steroid dienone is 4. The summed E-state index contributed by atoms with van der Waals surface area (Å²) in [6, 6.07) is 7.15. The molecule has 0 bridgehead atoms. The number of benzene rings is 2. The highest BCUT2D eigenvalue weighted by molar-refractivity contribution is 6.13. The van der Waals surface area contributed by atoms with Gasteiger partial charge in [-0.2, -0.15) is 0 Å². The lowest BCUT2D eigenvalue weighted by Gasteiger charge is -2.28. The number of Topliss-reactive ketones (excluding diaryl/α,β-unsaturated/α-hetero) is 2. The molecule has 202 valence electrons. The molecule has 6 heteroatoms. The van der Waals surface area contributed by atoms with Gasteiger partial charge in [0, 0.05) is 12.4 Å². The Morgan fingerprint density at radius 3 is 1.08 bits per heavy atom. The van der Waals surface area contributed by atoms with Crippen LogP contribution < -0.4 is 0 Å². The molecule has 0 aromatic heterocycles. The fourth-order valence-corrected chi connectivity index (χ4v) is 5.13. The Bertz CT molecular complexity index is 1220. The summed E-state index contributed by atoms with van der Waals surface area (Å²) in [7, 11) is 0. The minimum atomic E-state index is -0.590. The van der Waals surface area contributed by atoms with E-state index in [2.05, 4.69) is 24.3 Å². The zero-order chi connectivity index (χ0) is 28.9. The molecule has 0 aliphatic carbocycles. The third-order valence-corrected chi connectivity index (χ3v) is 6.63. The van der Waals surface area contributed by atoms with Crippen LogP contribution in [0.5, 0.6) is 0 Å². The number of aryl methyl sites for hydroxylation is 6. The minimum Gasteiger partial charge on any atom is -0.512 e. The van der Waals surface area contributed by atoms with E-state index in [9.17, 15) is 19.8 Å². The number of ketones is 2. The van der Waals surface area contributed by atoms with Gasteiger partial charge in [-0.15, -0.1) is 0 Å². The van der Waals surface area contributed by atoms with E-state index in [1.807, 2.05) is 41.5 Å². The molecule has 0 unspecified atom stereocenters. The van der Waals surface area contributed by atoms with Crippen LogP contribution >= 0.6 is 0 Å². The standard InChI is InChI=1S/C32H40N2O4/c1-17-11-19(3)29(20(4)12-17)31(33-15-27(23(7)35)24(8)36)32(34-16-28(25(9)37)26(10)38)30-21(5)13-18(2)14-22(30)6/h11-16,31-32,35,37H,1-10H3/b27-23+,28-25?,33-15?,34-16?/t31-,32-/m0/s1. The second-order valence-corrected chi connectivity index (χ2v) is 10.2. The zero-order valence-electron chi connectivity index (χ0n) is 24.2. The Morgan fingerprint density at radius 2 is 0.868 bits per heavy atom. The summed E-state index contributed by atoms with van der Waals surface area (Å²) in [5.41, 5.74) is 8.42. The first-order valence-electron chi connectivity index (χ1n) is 12.7. The Balaban J connectivity index is 3.01. The number of carbonyl (C=O) groups excluding carboxylic acids is 2. The molecule has 0 aliphatic rings. The number of aliphatic hydroxyl groups is 2. The fourth-order valence-electron chi connectivity index (χ4n) is 5.13. The number of aliphatic imine (C=N–C) groups is 2. The third-order valence-electron chi connectivity index (χ3n) is 6.63. The monoisotopic (exact) mass is 516 g/mol. The molecule has 0 aliphatic heterocycles. The molecule has 0 amide bonds. The van der Waals surface area contributed by atoms with Crippen molar-refractivity contribution in [2.75, 3.05) is 0 Å². The fraction of sp³-hybridized carbons (Fsp3) is 0.375. The van der Waals surface area contributed by atoms with Crippen molar-refractivity contribution in [1.82, 2.24) is 0 Å². The highest BCUT2D eigenvalue weighted by atomic mass is 16.3. The van der Waals surface area contributed by atoms with E-state index in [1.54, 1.807) is 0 Å². The molecular weight excluding hydrogens is 476 g/mol. The maximum atomic E-state index is 12.3. The molecule has 6 nitrogen and oxygen atoms in total. The van der Waals surface area contributed by atoms with Crippen molar-refractivity contribution in [1.29, 1.82) is 0 Å². The Morgan fingerprint density at radius 1 is 0.605 bits per heavy atom. The average molecular weight is 517 g/mol. The third kappa shape index (κ3) is 7.15. The van der Waals surface area contributed by atoms with Gasteiger partial charge in [-0.25, -0.2) is 0 Å². The van der Waals surface area contributed by atoms with Gasteiger partial charge in [-0.3, -0.25) is 19.6 Å². The van der Waals surface area contributed by atoms with Crippen molar-refractivity contribution >= 4 is 24.0 Å². The van der Waals surface area contributed by atoms with Crippen LogP contribution in [-0.2, 0) is 9.59 Å². The second kappa shape index (κ2) is 12.6. The van der Waals surface area contributed by atoms with Crippen LogP contribution in [0.1, 0.15) is 84.3 Å². The maximum absolute atomic E-state index is 12.3. The average Bonchev–Trinajstić information content (AvgIpc) is 2.74. The van der Waals surface area contributed by atoms with E-state index in [1.165, 1.54) is 40.1 Å². The highest BCUT2D eigenvalue weighted by Crippen LogP contribution is 2.41. The lowest BCUT2D eigenvalue weighted by molar-refractivity contribution is -0.114. The Labute approximate surface area is 226 Å². The molecule has 0 fully saturated rings. The quantitative estimate of drug-likeness (QED) is 0.207. The van der Waals surface area contributed by atoms with Gasteiger partial charge in [-0.1, -0.05) is 35.4 Å². The summed E-state index contributed by atoms with van der Waals surface area (Å²) in [6.45, 7) is 17.8. The highest BCUT2D eigenvalue weighted by Gasteiger charge is 2.29. The maximum Gasteiger partial charge on any atom is 0.164 e. The molecule has 0 heterocycles.